The van der Waals surface area contributed by atoms with Crippen LogP contribution in [-0.2, 0) is 11.2 Å². The molecule has 0 bridgehead atoms. The Hall–Kier alpha value is -2.51. The van der Waals surface area contributed by atoms with Crippen molar-refractivity contribution in [3.8, 4) is 0 Å². The third-order valence-electron chi connectivity index (χ3n) is 5.15. The summed E-state index contributed by atoms with van der Waals surface area (Å²) in [6, 6.07) is 14.7. The molecule has 2 aromatic carbocycles. The highest BCUT2D eigenvalue weighted by molar-refractivity contribution is 7.18. The van der Waals surface area contributed by atoms with Gasteiger partial charge in [-0.05, 0) is 42.8 Å². The molecule has 2 heterocycles. The van der Waals surface area contributed by atoms with E-state index in [-0.39, 0.29) is 11.7 Å². The zero-order valence-corrected chi connectivity index (χ0v) is 17.1. The fourth-order valence-corrected chi connectivity index (χ4v) is 4.60. The number of hydrogen-bond donors (Lipinski definition) is 1. The van der Waals surface area contributed by atoms with E-state index < -0.39 is 0 Å². The summed E-state index contributed by atoms with van der Waals surface area (Å²) in [6.45, 7) is 4.49. The molecule has 29 heavy (non-hydrogen) atoms. The average Bonchev–Trinajstić information content (AvgIpc) is 2.99. The number of rotatable bonds is 6. The molecule has 1 amide bonds. The number of aromatic nitrogens is 1. The number of halogens is 1. The second-order valence-corrected chi connectivity index (χ2v) is 8.38. The quantitative estimate of drug-likeness (QED) is 0.675. The highest BCUT2D eigenvalue weighted by Crippen LogP contribution is 2.21. The van der Waals surface area contributed by atoms with E-state index in [2.05, 4.69) is 26.2 Å². The normalized spacial score (nSPS) is 15.4. The van der Waals surface area contributed by atoms with Gasteiger partial charge < -0.3 is 10.2 Å². The average molecular weight is 413 g/mol. The van der Waals surface area contributed by atoms with Gasteiger partial charge in [0.1, 0.15) is 5.82 Å². The van der Waals surface area contributed by atoms with E-state index in [0.717, 1.165) is 55.2 Å². The number of hydrogen-bond acceptors (Lipinski definition) is 5. The van der Waals surface area contributed by atoms with Crippen LogP contribution in [-0.4, -0.2) is 55.1 Å². The van der Waals surface area contributed by atoms with E-state index in [4.69, 9.17) is 0 Å². The molecule has 0 radical (unpaired) electrons. The van der Waals surface area contributed by atoms with Gasteiger partial charge in [0.05, 0.1) is 21.8 Å². The maximum atomic E-state index is 13.1. The van der Waals surface area contributed by atoms with Crippen molar-refractivity contribution in [1.29, 1.82) is 0 Å². The molecule has 1 fully saturated rings. The van der Waals surface area contributed by atoms with Crippen molar-refractivity contribution in [3.05, 3.63) is 59.4 Å². The van der Waals surface area contributed by atoms with E-state index in [1.54, 1.807) is 11.3 Å². The Morgan fingerprint density at radius 3 is 2.72 bits per heavy atom. The molecule has 0 aliphatic carbocycles. The number of nitrogens with one attached hydrogen (secondary N) is 1. The van der Waals surface area contributed by atoms with Gasteiger partial charge in [0.25, 0.3) is 0 Å². The minimum atomic E-state index is -0.215. The second kappa shape index (κ2) is 9.33. The molecule has 1 aliphatic rings. The summed E-state index contributed by atoms with van der Waals surface area (Å²) in [5.41, 5.74) is 2.06. The third kappa shape index (κ3) is 5.31. The van der Waals surface area contributed by atoms with Crippen LogP contribution in [0.2, 0.25) is 0 Å². The molecule has 1 aliphatic heterocycles. The lowest BCUT2D eigenvalue weighted by Crippen LogP contribution is -2.39. The van der Waals surface area contributed by atoms with E-state index in [1.165, 1.54) is 16.8 Å². The van der Waals surface area contributed by atoms with Crippen LogP contribution in [0.4, 0.5) is 10.1 Å². The molecule has 3 aromatic rings. The lowest BCUT2D eigenvalue weighted by atomic mass is 10.2. The maximum Gasteiger partial charge on any atom is 0.234 e. The molecule has 1 N–H and O–H groups in total. The summed E-state index contributed by atoms with van der Waals surface area (Å²) in [4.78, 5) is 21.4. The molecule has 1 saturated heterocycles. The van der Waals surface area contributed by atoms with E-state index in [0.29, 0.717) is 13.1 Å². The van der Waals surface area contributed by atoms with Crippen molar-refractivity contribution >= 4 is 33.1 Å². The van der Waals surface area contributed by atoms with Gasteiger partial charge in [-0.1, -0.05) is 12.1 Å². The first-order valence-corrected chi connectivity index (χ1v) is 10.8. The van der Waals surface area contributed by atoms with Crippen LogP contribution in [0, 0.1) is 5.82 Å². The van der Waals surface area contributed by atoms with Gasteiger partial charge >= 0.3 is 0 Å². The minimum Gasteiger partial charge on any atom is -0.370 e. The third-order valence-corrected chi connectivity index (χ3v) is 6.24. The molecule has 0 unspecified atom stereocenters. The van der Waals surface area contributed by atoms with Gasteiger partial charge in [0.15, 0.2) is 0 Å². The molecule has 5 nitrogen and oxygen atoms in total. The van der Waals surface area contributed by atoms with Crippen molar-refractivity contribution in [2.24, 2.45) is 0 Å². The predicted molar refractivity (Wildman–Crippen MR) is 116 cm³/mol. The van der Waals surface area contributed by atoms with Crippen molar-refractivity contribution in [3.63, 3.8) is 0 Å². The summed E-state index contributed by atoms with van der Waals surface area (Å²) in [5, 5.41) is 4.08. The lowest BCUT2D eigenvalue weighted by molar-refractivity contribution is -0.122. The number of carbonyl (C=O) groups is 1. The first-order chi connectivity index (χ1) is 14.2. The van der Waals surface area contributed by atoms with Gasteiger partial charge in [-0.2, -0.15) is 0 Å². The molecule has 152 valence electrons. The Bertz CT molecular complexity index is 926. The second-order valence-electron chi connectivity index (χ2n) is 7.27. The first-order valence-electron chi connectivity index (χ1n) is 10.0. The molecule has 0 saturated carbocycles. The lowest BCUT2D eigenvalue weighted by Gasteiger charge is -2.23. The summed E-state index contributed by atoms with van der Waals surface area (Å²) in [6.07, 6.45) is 1.74. The Balaban J connectivity index is 1.21. The fourth-order valence-electron chi connectivity index (χ4n) is 3.63. The molecular weight excluding hydrogens is 387 g/mol. The Morgan fingerprint density at radius 1 is 1.07 bits per heavy atom. The minimum absolute atomic E-state index is 0.0568. The van der Waals surface area contributed by atoms with Gasteiger partial charge in [0.2, 0.25) is 5.91 Å². The summed E-state index contributed by atoms with van der Waals surface area (Å²) in [5.74, 6) is -0.158. The highest BCUT2D eigenvalue weighted by atomic mass is 32.1. The molecule has 0 spiro atoms. The topological polar surface area (TPSA) is 48.5 Å². The first kappa shape index (κ1) is 19.8. The number of carbonyl (C=O) groups excluding carboxylic acids is 1. The van der Waals surface area contributed by atoms with Crippen LogP contribution in [0.1, 0.15) is 11.4 Å². The fraction of sp³-hybridized carbons (Fsp3) is 0.364. The molecule has 7 heteroatoms. The van der Waals surface area contributed by atoms with Crippen molar-refractivity contribution < 1.29 is 9.18 Å². The van der Waals surface area contributed by atoms with Crippen molar-refractivity contribution in [2.75, 3.05) is 44.2 Å². The van der Waals surface area contributed by atoms with Crippen LogP contribution < -0.4 is 10.2 Å². The summed E-state index contributed by atoms with van der Waals surface area (Å²) >= 11 is 1.68. The number of thiazole rings is 1. The monoisotopic (exact) mass is 412 g/mol. The van der Waals surface area contributed by atoms with Crippen molar-refractivity contribution in [1.82, 2.24) is 15.2 Å². The number of fused-ring (bicyclic) bond motifs is 1. The number of anilines is 1. The van der Waals surface area contributed by atoms with E-state index >= 15 is 0 Å². The van der Waals surface area contributed by atoms with Crippen molar-refractivity contribution in [2.45, 2.75) is 12.8 Å². The van der Waals surface area contributed by atoms with Crippen LogP contribution >= 0.6 is 11.3 Å². The van der Waals surface area contributed by atoms with E-state index in [1.807, 2.05) is 30.3 Å². The Labute approximate surface area is 174 Å². The van der Waals surface area contributed by atoms with Gasteiger partial charge in [-0.3, -0.25) is 9.69 Å². The molecule has 0 atom stereocenters. The number of nitrogens with zero attached hydrogens (tertiary/aromatic N) is 3. The zero-order chi connectivity index (χ0) is 20.1. The summed E-state index contributed by atoms with van der Waals surface area (Å²) < 4.78 is 14.3. The zero-order valence-electron chi connectivity index (χ0n) is 16.3. The largest absolute Gasteiger partial charge is 0.370 e. The standard InChI is InChI=1S/C22H25FN4OS/c23-17-6-8-18(9-7-17)27-13-3-12-26(14-15-27)16-21(28)24-11-10-22-25-19-4-1-2-5-20(19)29-22/h1-2,4-9H,3,10-16H2,(H,24,28). The maximum absolute atomic E-state index is 13.1. The van der Waals surface area contributed by atoms with Crippen LogP contribution in [0.15, 0.2) is 48.5 Å². The van der Waals surface area contributed by atoms with Gasteiger partial charge in [-0.15, -0.1) is 11.3 Å². The number of para-hydroxylation sites is 1. The Kier molecular flexibility index (Phi) is 6.36. The summed E-state index contributed by atoms with van der Waals surface area (Å²) in [7, 11) is 0. The number of benzene rings is 2. The molecule has 4 rings (SSSR count). The predicted octanol–water partition coefficient (Wildman–Crippen LogP) is 3.31. The SMILES string of the molecule is O=C(CN1CCCN(c2ccc(F)cc2)CC1)NCCc1nc2ccccc2s1. The smallest absolute Gasteiger partial charge is 0.234 e. The number of amides is 1. The van der Waals surface area contributed by atoms with Crippen LogP contribution in [0.25, 0.3) is 10.2 Å². The Morgan fingerprint density at radius 2 is 1.90 bits per heavy atom. The van der Waals surface area contributed by atoms with Gasteiger partial charge in [0, 0.05) is 44.8 Å². The van der Waals surface area contributed by atoms with Gasteiger partial charge in [-0.25, -0.2) is 9.37 Å². The highest BCUT2D eigenvalue weighted by Gasteiger charge is 2.17. The molecule has 1 aromatic heterocycles. The van der Waals surface area contributed by atoms with Crippen LogP contribution in [0.3, 0.4) is 0 Å². The van der Waals surface area contributed by atoms with E-state index in [9.17, 15) is 9.18 Å². The van der Waals surface area contributed by atoms with Crippen LogP contribution in [0.5, 0.6) is 0 Å². The molecular formula is C22H25FN4OS.